The van der Waals surface area contributed by atoms with Crippen LogP contribution in [0, 0.1) is 0 Å². The van der Waals surface area contributed by atoms with Crippen molar-refractivity contribution in [3.05, 3.63) is 0 Å². The number of nitrogens with one attached hydrogen (secondary N) is 2. The van der Waals surface area contributed by atoms with Crippen LogP contribution in [-0.2, 0) is 0 Å². The van der Waals surface area contributed by atoms with Gasteiger partial charge in [-0.3, -0.25) is 0 Å². The highest BCUT2D eigenvalue weighted by Gasteiger charge is 2.07. The fourth-order valence-electron chi connectivity index (χ4n) is 1.22. The number of urea groups is 1. The molecule has 0 aliphatic heterocycles. The lowest BCUT2D eigenvalue weighted by Gasteiger charge is -2.00. The summed E-state index contributed by atoms with van der Waals surface area (Å²) in [7, 11) is 0. The molecule has 0 atom stereocenters. The normalized spacial score (nSPS) is 15.9. The van der Waals surface area contributed by atoms with E-state index in [0.29, 0.717) is 6.54 Å². The molecule has 2 N–H and O–H groups in total. The molecule has 0 saturated heterocycles. The third-order valence-corrected chi connectivity index (χ3v) is 1.83. The Morgan fingerprint density at radius 3 is 2.75 bits per heavy atom. The molecule has 4 heteroatoms. The first-order valence-corrected chi connectivity index (χ1v) is 4.42. The van der Waals surface area contributed by atoms with E-state index in [1.165, 1.54) is 12.8 Å². The van der Waals surface area contributed by atoms with Crippen molar-refractivity contribution in [2.45, 2.75) is 32.6 Å². The molecule has 0 unspecified atom stereocenters. The van der Waals surface area contributed by atoms with Crippen molar-refractivity contribution in [1.29, 1.82) is 0 Å². The first kappa shape index (κ1) is 9.03. The molecule has 12 heavy (non-hydrogen) atoms. The number of carbonyl (C=O) groups excluding carboxylic acids is 1. The third kappa shape index (κ3) is 2.90. The lowest BCUT2D eigenvalue weighted by Crippen LogP contribution is -2.32. The zero-order valence-corrected chi connectivity index (χ0v) is 7.39. The molecular weight excluding hydrogens is 154 g/mol. The minimum atomic E-state index is -0.211. The molecular formula is C8H15N3O. The fourth-order valence-corrected chi connectivity index (χ4v) is 1.22. The third-order valence-electron chi connectivity index (χ3n) is 1.83. The first-order valence-electron chi connectivity index (χ1n) is 4.42. The van der Waals surface area contributed by atoms with Crippen molar-refractivity contribution in [2.24, 2.45) is 5.10 Å². The van der Waals surface area contributed by atoms with Gasteiger partial charge in [-0.2, -0.15) is 5.10 Å². The Kier molecular flexibility index (Phi) is 3.57. The molecule has 1 fully saturated rings. The van der Waals surface area contributed by atoms with Crippen molar-refractivity contribution in [1.82, 2.24) is 10.7 Å². The van der Waals surface area contributed by atoms with Crippen LogP contribution >= 0.6 is 0 Å². The van der Waals surface area contributed by atoms with Crippen molar-refractivity contribution >= 4 is 11.7 Å². The van der Waals surface area contributed by atoms with Crippen LogP contribution in [0.15, 0.2) is 5.10 Å². The molecule has 1 rings (SSSR count). The summed E-state index contributed by atoms with van der Waals surface area (Å²) in [5.41, 5.74) is 3.58. The summed E-state index contributed by atoms with van der Waals surface area (Å²) in [6.07, 6.45) is 4.48. The first-order chi connectivity index (χ1) is 5.83. The molecule has 0 heterocycles. The number of rotatable bonds is 2. The SMILES string of the molecule is CCNC(=O)NN=C1CCCC1. The summed E-state index contributed by atoms with van der Waals surface area (Å²) >= 11 is 0. The molecule has 0 aromatic heterocycles. The van der Waals surface area contributed by atoms with Gasteiger partial charge in [0.15, 0.2) is 0 Å². The number of amides is 2. The highest BCUT2D eigenvalue weighted by molar-refractivity contribution is 5.87. The summed E-state index contributed by atoms with van der Waals surface area (Å²) in [5, 5.41) is 6.61. The number of hydrazone groups is 1. The van der Waals surface area contributed by atoms with Gasteiger partial charge in [0.2, 0.25) is 0 Å². The van der Waals surface area contributed by atoms with E-state index >= 15 is 0 Å². The molecule has 0 aromatic carbocycles. The van der Waals surface area contributed by atoms with Crippen LogP contribution in [-0.4, -0.2) is 18.3 Å². The molecule has 1 saturated carbocycles. The highest BCUT2D eigenvalue weighted by atomic mass is 16.2. The lowest BCUT2D eigenvalue weighted by atomic mass is 10.3. The van der Waals surface area contributed by atoms with Gasteiger partial charge >= 0.3 is 6.03 Å². The smallest absolute Gasteiger partial charge is 0.335 e. The van der Waals surface area contributed by atoms with Gasteiger partial charge in [-0.05, 0) is 32.6 Å². The highest BCUT2D eigenvalue weighted by Crippen LogP contribution is 2.13. The molecule has 0 radical (unpaired) electrons. The Balaban J connectivity index is 2.22. The number of nitrogens with zero attached hydrogens (tertiary/aromatic N) is 1. The molecule has 2 amide bonds. The Morgan fingerprint density at radius 1 is 1.50 bits per heavy atom. The van der Waals surface area contributed by atoms with Crippen molar-refractivity contribution in [3.8, 4) is 0 Å². The summed E-state index contributed by atoms with van der Waals surface area (Å²) in [6.45, 7) is 2.51. The average molecular weight is 169 g/mol. The van der Waals surface area contributed by atoms with Crippen LogP contribution in [0.2, 0.25) is 0 Å². The Bertz CT molecular complexity index is 181. The van der Waals surface area contributed by atoms with Gasteiger partial charge in [0.25, 0.3) is 0 Å². The van der Waals surface area contributed by atoms with E-state index in [9.17, 15) is 4.79 Å². The van der Waals surface area contributed by atoms with E-state index in [2.05, 4.69) is 15.8 Å². The van der Waals surface area contributed by atoms with Gasteiger partial charge in [-0.15, -0.1) is 0 Å². The van der Waals surface area contributed by atoms with E-state index in [-0.39, 0.29) is 6.03 Å². The van der Waals surface area contributed by atoms with Gasteiger partial charge in [0, 0.05) is 12.3 Å². The summed E-state index contributed by atoms with van der Waals surface area (Å²) in [4.78, 5) is 10.9. The Morgan fingerprint density at radius 2 is 2.17 bits per heavy atom. The van der Waals surface area contributed by atoms with Crippen LogP contribution in [0.1, 0.15) is 32.6 Å². The van der Waals surface area contributed by atoms with Crippen molar-refractivity contribution in [2.75, 3.05) is 6.54 Å². The largest absolute Gasteiger partial charge is 0.337 e. The Hall–Kier alpha value is -1.06. The van der Waals surface area contributed by atoms with Crippen molar-refractivity contribution in [3.63, 3.8) is 0 Å². The second-order valence-corrected chi connectivity index (χ2v) is 2.86. The maximum atomic E-state index is 10.9. The second-order valence-electron chi connectivity index (χ2n) is 2.86. The molecule has 1 aliphatic carbocycles. The zero-order valence-electron chi connectivity index (χ0n) is 7.39. The molecule has 68 valence electrons. The topological polar surface area (TPSA) is 53.5 Å². The maximum absolute atomic E-state index is 10.9. The number of carbonyl (C=O) groups is 1. The number of hydrogen-bond donors (Lipinski definition) is 2. The van der Waals surface area contributed by atoms with Crippen LogP contribution in [0.25, 0.3) is 0 Å². The monoisotopic (exact) mass is 169 g/mol. The second kappa shape index (κ2) is 4.74. The van der Waals surface area contributed by atoms with Crippen LogP contribution in [0.5, 0.6) is 0 Å². The van der Waals surface area contributed by atoms with E-state index in [0.717, 1.165) is 18.6 Å². The standard InChI is InChI=1S/C8H15N3O/c1-2-9-8(12)11-10-7-5-3-4-6-7/h2-6H2,1H3,(H2,9,11,12). The van der Waals surface area contributed by atoms with Gasteiger partial charge in [-0.1, -0.05) is 0 Å². The van der Waals surface area contributed by atoms with Crippen LogP contribution in [0.4, 0.5) is 4.79 Å². The van der Waals surface area contributed by atoms with Gasteiger partial charge in [-0.25, -0.2) is 10.2 Å². The quantitative estimate of drug-likeness (QED) is 0.600. The Labute approximate surface area is 72.4 Å². The molecule has 0 spiro atoms. The van der Waals surface area contributed by atoms with E-state index in [4.69, 9.17) is 0 Å². The maximum Gasteiger partial charge on any atom is 0.335 e. The van der Waals surface area contributed by atoms with Crippen LogP contribution in [0.3, 0.4) is 0 Å². The average Bonchev–Trinajstić information content (AvgIpc) is 2.53. The minimum Gasteiger partial charge on any atom is -0.337 e. The number of hydrogen-bond acceptors (Lipinski definition) is 2. The van der Waals surface area contributed by atoms with E-state index in [1.54, 1.807) is 0 Å². The minimum absolute atomic E-state index is 0.211. The van der Waals surface area contributed by atoms with E-state index in [1.807, 2.05) is 6.92 Å². The summed E-state index contributed by atoms with van der Waals surface area (Å²) in [5.74, 6) is 0. The van der Waals surface area contributed by atoms with E-state index < -0.39 is 0 Å². The van der Waals surface area contributed by atoms with Gasteiger partial charge in [0.05, 0.1) is 0 Å². The van der Waals surface area contributed by atoms with Gasteiger partial charge in [0.1, 0.15) is 0 Å². The fraction of sp³-hybridized carbons (Fsp3) is 0.750. The zero-order chi connectivity index (χ0) is 8.81. The lowest BCUT2D eigenvalue weighted by molar-refractivity contribution is 0.242. The summed E-state index contributed by atoms with van der Waals surface area (Å²) in [6, 6.07) is -0.211. The predicted molar refractivity (Wildman–Crippen MR) is 48.1 cm³/mol. The molecule has 0 bridgehead atoms. The summed E-state index contributed by atoms with van der Waals surface area (Å²) < 4.78 is 0. The molecule has 1 aliphatic rings. The molecule has 0 aromatic rings. The predicted octanol–water partition coefficient (Wildman–Crippen LogP) is 1.24. The van der Waals surface area contributed by atoms with Crippen LogP contribution < -0.4 is 10.7 Å². The van der Waals surface area contributed by atoms with Gasteiger partial charge < -0.3 is 5.32 Å². The van der Waals surface area contributed by atoms with Crippen molar-refractivity contribution < 1.29 is 4.79 Å². The molecule has 4 nitrogen and oxygen atoms in total.